The van der Waals surface area contributed by atoms with Crippen molar-refractivity contribution in [3.8, 4) is 17.2 Å². The van der Waals surface area contributed by atoms with Crippen LogP contribution >= 0.6 is 11.6 Å². The van der Waals surface area contributed by atoms with Gasteiger partial charge in [-0.3, -0.25) is 14.4 Å². The first-order valence-electron chi connectivity index (χ1n) is 9.83. The number of halogens is 1. The summed E-state index contributed by atoms with van der Waals surface area (Å²) in [6.45, 7) is 1.77. The third-order valence-corrected chi connectivity index (χ3v) is 6.14. The van der Waals surface area contributed by atoms with Crippen LogP contribution in [-0.4, -0.2) is 37.3 Å². The molecule has 0 saturated heterocycles. The summed E-state index contributed by atoms with van der Waals surface area (Å²) in [4.78, 5) is 38.0. The van der Waals surface area contributed by atoms with E-state index in [1.54, 1.807) is 31.2 Å². The van der Waals surface area contributed by atoms with Gasteiger partial charge in [-0.2, -0.15) is 0 Å². The summed E-state index contributed by atoms with van der Waals surface area (Å²) in [5, 5.41) is 3.26. The summed E-state index contributed by atoms with van der Waals surface area (Å²) in [5.74, 6) is -1.43. The van der Waals surface area contributed by atoms with Crippen LogP contribution in [0.25, 0.3) is 0 Å². The lowest BCUT2D eigenvalue weighted by Gasteiger charge is -2.35. The minimum absolute atomic E-state index is 0.0833. The number of allylic oxidation sites excluding steroid dienone is 1. The Morgan fingerprint density at radius 2 is 1.84 bits per heavy atom. The first-order valence-corrected chi connectivity index (χ1v) is 10.2. The zero-order valence-corrected chi connectivity index (χ0v) is 18.4. The maximum atomic E-state index is 13.5. The fourth-order valence-electron chi connectivity index (χ4n) is 4.12. The summed E-state index contributed by atoms with van der Waals surface area (Å²) in [6, 6.07) is 8.04. The van der Waals surface area contributed by atoms with Crippen molar-refractivity contribution in [1.29, 1.82) is 0 Å². The number of methoxy groups -OCH3 is 2. The summed E-state index contributed by atoms with van der Waals surface area (Å²) in [7, 11) is 2.85. The number of anilines is 1. The Morgan fingerprint density at radius 3 is 2.41 bits per heavy atom. The molecule has 166 valence electrons. The third-order valence-electron chi connectivity index (χ3n) is 5.78. The second kappa shape index (κ2) is 7.87. The standard InChI is InChI=1S/C23H21ClN2O6/c1-11-8-14(26-13-6-4-12(5-7-13)22(25)29)9-17(27)23(11)21(28)18-15(30-2)10-16(31-3)19(24)20(18)32-23/h4-7,9-11,26H,8H2,1-3H3,(H2,25,29). The van der Waals surface area contributed by atoms with Gasteiger partial charge in [0.1, 0.15) is 22.1 Å². The van der Waals surface area contributed by atoms with Crippen LogP contribution in [0.5, 0.6) is 17.2 Å². The molecule has 2 aliphatic rings. The van der Waals surface area contributed by atoms with E-state index in [0.29, 0.717) is 23.4 Å². The molecular weight excluding hydrogens is 436 g/mol. The molecule has 1 aliphatic heterocycles. The zero-order valence-electron chi connectivity index (χ0n) is 17.7. The predicted octanol–water partition coefficient (Wildman–Crippen LogP) is 3.37. The smallest absolute Gasteiger partial charge is 0.248 e. The molecule has 32 heavy (non-hydrogen) atoms. The summed E-state index contributed by atoms with van der Waals surface area (Å²) in [5.41, 5.74) is 5.33. The number of hydrogen-bond acceptors (Lipinski definition) is 7. The van der Waals surface area contributed by atoms with Gasteiger partial charge in [0, 0.05) is 35.0 Å². The predicted molar refractivity (Wildman–Crippen MR) is 118 cm³/mol. The van der Waals surface area contributed by atoms with E-state index < -0.39 is 29.0 Å². The lowest BCUT2D eigenvalue weighted by Crippen LogP contribution is -2.55. The van der Waals surface area contributed by atoms with Gasteiger partial charge in [-0.1, -0.05) is 18.5 Å². The number of ether oxygens (including phenoxy) is 3. The number of nitrogens with one attached hydrogen (secondary N) is 1. The number of benzene rings is 2. The van der Waals surface area contributed by atoms with Crippen LogP contribution < -0.4 is 25.3 Å². The quantitative estimate of drug-likeness (QED) is 0.662. The van der Waals surface area contributed by atoms with Gasteiger partial charge >= 0.3 is 0 Å². The van der Waals surface area contributed by atoms with Gasteiger partial charge < -0.3 is 25.3 Å². The van der Waals surface area contributed by atoms with Crippen molar-refractivity contribution < 1.29 is 28.6 Å². The van der Waals surface area contributed by atoms with Crippen LogP contribution in [0.2, 0.25) is 5.02 Å². The molecule has 4 rings (SSSR count). The van der Waals surface area contributed by atoms with Crippen LogP contribution in [0, 0.1) is 5.92 Å². The summed E-state index contributed by atoms with van der Waals surface area (Å²) < 4.78 is 16.6. The van der Waals surface area contributed by atoms with Gasteiger partial charge in [0.15, 0.2) is 5.75 Å². The molecule has 0 radical (unpaired) electrons. The van der Waals surface area contributed by atoms with Crippen molar-refractivity contribution in [3.05, 3.63) is 58.3 Å². The number of amides is 1. The fourth-order valence-corrected chi connectivity index (χ4v) is 4.38. The molecule has 1 heterocycles. The number of rotatable bonds is 5. The van der Waals surface area contributed by atoms with Crippen LogP contribution in [0.15, 0.2) is 42.1 Å². The van der Waals surface area contributed by atoms with Crippen LogP contribution in [0.3, 0.4) is 0 Å². The number of fused-ring (bicyclic) bond motifs is 1. The van der Waals surface area contributed by atoms with E-state index in [2.05, 4.69) is 5.32 Å². The largest absolute Gasteiger partial charge is 0.496 e. The van der Waals surface area contributed by atoms with Gasteiger partial charge in [0.05, 0.1) is 14.2 Å². The Kier molecular flexibility index (Phi) is 5.34. The van der Waals surface area contributed by atoms with Gasteiger partial charge in [0.2, 0.25) is 23.1 Å². The van der Waals surface area contributed by atoms with Gasteiger partial charge in [0.25, 0.3) is 0 Å². The first-order chi connectivity index (χ1) is 15.2. The summed E-state index contributed by atoms with van der Waals surface area (Å²) in [6.07, 6.45) is 1.73. The van der Waals surface area contributed by atoms with E-state index in [4.69, 9.17) is 31.5 Å². The maximum absolute atomic E-state index is 13.5. The molecule has 0 bridgehead atoms. The number of primary amides is 1. The molecule has 2 unspecified atom stereocenters. The highest BCUT2D eigenvalue weighted by atomic mass is 35.5. The average Bonchev–Trinajstić information content (AvgIpc) is 3.08. The highest BCUT2D eigenvalue weighted by Gasteiger charge is 2.60. The van der Waals surface area contributed by atoms with Gasteiger partial charge in [-0.15, -0.1) is 0 Å². The number of Topliss-reactive ketones (excluding diaryl/α,β-unsaturated/α-hetero) is 1. The van der Waals surface area contributed by atoms with E-state index in [1.165, 1.54) is 26.4 Å². The lowest BCUT2D eigenvalue weighted by molar-refractivity contribution is -0.129. The van der Waals surface area contributed by atoms with Gasteiger partial charge in [-0.05, 0) is 30.7 Å². The van der Waals surface area contributed by atoms with Crippen molar-refractivity contribution in [3.63, 3.8) is 0 Å². The van der Waals surface area contributed by atoms with Crippen LogP contribution in [0.4, 0.5) is 5.69 Å². The SMILES string of the molecule is COc1cc(OC)c2c(c1Cl)OC1(C(=O)C=C(Nc3ccc(C(N)=O)cc3)CC1C)C2=O. The van der Waals surface area contributed by atoms with Crippen molar-refractivity contribution in [2.24, 2.45) is 11.7 Å². The van der Waals surface area contributed by atoms with Crippen LogP contribution in [-0.2, 0) is 4.79 Å². The number of nitrogens with two attached hydrogens (primary N) is 1. The molecule has 8 nitrogen and oxygen atoms in total. The summed E-state index contributed by atoms with van der Waals surface area (Å²) >= 11 is 6.39. The minimum Gasteiger partial charge on any atom is -0.496 e. The van der Waals surface area contributed by atoms with Crippen molar-refractivity contribution in [2.75, 3.05) is 19.5 Å². The normalized spacial score (nSPS) is 21.6. The van der Waals surface area contributed by atoms with E-state index in [-0.39, 0.29) is 27.8 Å². The zero-order chi connectivity index (χ0) is 23.2. The van der Waals surface area contributed by atoms with Crippen molar-refractivity contribution in [1.82, 2.24) is 0 Å². The highest BCUT2D eigenvalue weighted by molar-refractivity contribution is 6.36. The van der Waals surface area contributed by atoms with E-state index >= 15 is 0 Å². The molecule has 1 amide bonds. The number of ketones is 2. The third kappa shape index (κ3) is 3.18. The molecular formula is C23H21ClN2O6. The monoisotopic (exact) mass is 456 g/mol. The molecule has 9 heteroatoms. The Morgan fingerprint density at radius 1 is 1.19 bits per heavy atom. The molecule has 2 atom stereocenters. The molecule has 2 aromatic carbocycles. The first kappa shape index (κ1) is 21.7. The Labute approximate surface area is 189 Å². The van der Waals surface area contributed by atoms with E-state index in [1.807, 2.05) is 0 Å². The van der Waals surface area contributed by atoms with Gasteiger partial charge in [-0.25, -0.2) is 0 Å². The van der Waals surface area contributed by atoms with E-state index in [0.717, 1.165) is 0 Å². The molecule has 0 aromatic heterocycles. The molecule has 0 fully saturated rings. The fraction of sp³-hybridized carbons (Fsp3) is 0.261. The molecule has 3 N–H and O–H groups in total. The Hall–Kier alpha value is -3.52. The molecule has 1 spiro atoms. The van der Waals surface area contributed by atoms with Crippen molar-refractivity contribution in [2.45, 2.75) is 18.9 Å². The Balaban J connectivity index is 1.67. The maximum Gasteiger partial charge on any atom is 0.248 e. The lowest BCUT2D eigenvalue weighted by atomic mass is 9.74. The molecule has 2 aromatic rings. The molecule has 1 aliphatic carbocycles. The van der Waals surface area contributed by atoms with E-state index in [9.17, 15) is 14.4 Å². The number of carbonyl (C=O) groups excluding carboxylic acids is 3. The van der Waals surface area contributed by atoms with Crippen molar-refractivity contribution >= 4 is 34.8 Å². The molecule has 0 saturated carbocycles. The minimum atomic E-state index is -1.73. The van der Waals surface area contributed by atoms with Crippen LogP contribution in [0.1, 0.15) is 34.1 Å². The topological polar surface area (TPSA) is 117 Å². The second-order valence-electron chi connectivity index (χ2n) is 7.67. The number of carbonyl (C=O) groups is 3. The highest BCUT2D eigenvalue weighted by Crippen LogP contribution is 2.53. The second-order valence-corrected chi connectivity index (χ2v) is 8.05. The number of hydrogen-bond donors (Lipinski definition) is 2. The Bertz CT molecular complexity index is 1170. The average molecular weight is 457 g/mol.